The number of benzene rings is 3. The first-order valence-electron chi connectivity index (χ1n) is 10.3. The molecule has 5 nitrogen and oxygen atoms in total. The highest BCUT2D eigenvalue weighted by atomic mass is 32.1. The van der Waals surface area contributed by atoms with E-state index in [2.05, 4.69) is 15.6 Å². The second-order valence-corrected chi connectivity index (χ2v) is 8.24. The molecular weight excluding hydrogens is 418 g/mol. The zero-order valence-electron chi connectivity index (χ0n) is 17.6. The SMILES string of the molecule is C[C@@H](NC(=O)C(c1ccccc1)c1ccccc1)C(=O)Nc1nc(-c2ccccc2)cs1. The van der Waals surface area contributed by atoms with E-state index in [0.717, 1.165) is 22.4 Å². The van der Waals surface area contributed by atoms with E-state index in [4.69, 9.17) is 0 Å². The predicted octanol–water partition coefficient (Wildman–Crippen LogP) is 5.09. The lowest BCUT2D eigenvalue weighted by Crippen LogP contribution is -2.43. The van der Waals surface area contributed by atoms with Crippen molar-refractivity contribution in [1.29, 1.82) is 0 Å². The summed E-state index contributed by atoms with van der Waals surface area (Å²) in [7, 11) is 0. The summed E-state index contributed by atoms with van der Waals surface area (Å²) < 4.78 is 0. The van der Waals surface area contributed by atoms with E-state index in [1.54, 1.807) is 6.92 Å². The Hall–Kier alpha value is -3.77. The molecule has 0 unspecified atom stereocenters. The summed E-state index contributed by atoms with van der Waals surface area (Å²) in [6, 6.07) is 28.2. The van der Waals surface area contributed by atoms with E-state index in [9.17, 15) is 9.59 Å². The lowest BCUT2D eigenvalue weighted by molar-refractivity contribution is -0.126. The first-order chi connectivity index (χ1) is 15.6. The minimum Gasteiger partial charge on any atom is -0.344 e. The van der Waals surface area contributed by atoms with Crippen LogP contribution in [0, 0.1) is 0 Å². The van der Waals surface area contributed by atoms with Crippen molar-refractivity contribution in [2.75, 3.05) is 5.32 Å². The Labute approximate surface area is 191 Å². The molecule has 0 aliphatic rings. The van der Waals surface area contributed by atoms with Crippen molar-refractivity contribution in [2.24, 2.45) is 0 Å². The molecule has 3 aromatic carbocycles. The number of anilines is 1. The lowest BCUT2D eigenvalue weighted by atomic mass is 9.90. The second-order valence-electron chi connectivity index (χ2n) is 7.38. The van der Waals surface area contributed by atoms with Gasteiger partial charge < -0.3 is 10.6 Å². The Balaban J connectivity index is 1.45. The van der Waals surface area contributed by atoms with Crippen LogP contribution in [0.4, 0.5) is 5.13 Å². The minimum atomic E-state index is -0.721. The van der Waals surface area contributed by atoms with Crippen LogP contribution in [0.3, 0.4) is 0 Å². The van der Waals surface area contributed by atoms with E-state index in [1.165, 1.54) is 11.3 Å². The van der Waals surface area contributed by atoms with Crippen molar-refractivity contribution in [3.05, 3.63) is 108 Å². The molecule has 4 rings (SSSR count). The molecule has 0 aliphatic heterocycles. The van der Waals surface area contributed by atoms with Crippen LogP contribution in [0.1, 0.15) is 24.0 Å². The van der Waals surface area contributed by atoms with Crippen LogP contribution in [0.25, 0.3) is 11.3 Å². The monoisotopic (exact) mass is 441 g/mol. The molecule has 1 aromatic heterocycles. The largest absolute Gasteiger partial charge is 0.344 e. The number of rotatable bonds is 7. The van der Waals surface area contributed by atoms with Gasteiger partial charge in [0.05, 0.1) is 11.6 Å². The molecule has 0 radical (unpaired) electrons. The standard InChI is InChI=1S/C26H23N3O2S/c1-18(24(30)29-26-28-22(17-32-26)19-11-5-2-6-12-19)27-25(31)23(20-13-7-3-8-14-20)21-15-9-4-10-16-21/h2-18,23H,1H3,(H,27,31)(H,28,29,30)/t18-/m1/s1. The predicted molar refractivity (Wildman–Crippen MR) is 129 cm³/mol. The van der Waals surface area contributed by atoms with Gasteiger partial charge in [-0.2, -0.15) is 0 Å². The molecule has 2 amide bonds. The molecule has 1 atom stereocenters. The number of nitrogens with zero attached hydrogens (tertiary/aromatic N) is 1. The summed E-state index contributed by atoms with van der Waals surface area (Å²) in [6.07, 6.45) is 0. The quantitative estimate of drug-likeness (QED) is 0.420. The number of amides is 2. The van der Waals surface area contributed by atoms with Crippen LogP contribution in [0.2, 0.25) is 0 Å². The fraction of sp³-hybridized carbons (Fsp3) is 0.115. The lowest BCUT2D eigenvalue weighted by Gasteiger charge is -2.20. The second kappa shape index (κ2) is 10.0. The van der Waals surface area contributed by atoms with Gasteiger partial charge in [0.15, 0.2) is 5.13 Å². The van der Waals surface area contributed by atoms with Crippen molar-refractivity contribution in [3.63, 3.8) is 0 Å². The Morgan fingerprint density at radius 2 is 1.31 bits per heavy atom. The zero-order chi connectivity index (χ0) is 22.3. The summed E-state index contributed by atoms with van der Waals surface area (Å²) >= 11 is 1.35. The van der Waals surface area contributed by atoms with Crippen LogP contribution in [-0.2, 0) is 9.59 Å². The average Bonchev–Trinajstić information content (AvgIpc) is 3.29. The highest BCUT2D eigenvalue weighted by molar-refractivity contribution is 7.14. The van der Waals surface area contributed by atoms with E-state index < -0.39 is 12.0 Å². The zero-order valence-corrected chi connectivity index (χ0v) is 18.4. The van der Waals surface area contributed by atoms with Gasteiger partial charge in [0.2, 0.25) is 11.8 Å². The van der Waals surface area contributed by atoms with Gasteiger partial charge in [0.1, 0.15) is 6.04 Å². The molecule has 0 fully saturated rings. The number of thiazole rings is 1. The molecule has 4 aromatic rings. The van der Waals surface area contributed by atoms with Gasteiger partial charge in [0, 0.05) is 10.9 Å². The van der Waals surface area contributed by atoms with Crippen LogP contribution in [-0.4, -0.2) is 22.8 Å². The van der Waals surface area contributed by atoms with Crippen molar-refractivity contribution in [1.82, 2.24) is 10.3 Å². The van der Waals surface area contributed by atoms with Gasteiger partial charge in [-0.3, -0.25) is 9.59 Å². The van der Waals surface area contributed by atoms with E-state index in [1.807, 2.05) is 96.4 Å². The number of hydrogen-bond donors (Lipinski definition) is 2. The highest BCUT2D eigenvalue weighted by Gasteiger charge is 2.26. The third-order valence-electron chi connectivity index (χ3n) is 5.08. The Morgan fingerprint density at radius 3 is 1.88 bits per heavy atom. The first kappa shape index (κ1) is 21.5. The molecule has 0 saturated heterocycles. The van der Waals surface area contributed by atoms with Crippen LogP contribution in [0.15, 0.2) is 96.4 Å². The molecule has 32 heavy (non-hydrogen) atoms. The van der Waals surface area contributed by atoms with E-state index >= 15 is 0 Å². The molecule has 0 spiro atoms. The number of aromatic nitrogens is 1. The summed E-state index contributed by atoms with van der Waals surface area (Å²) in [6.45, 7) is 1.67. The summed E-state index contributed by atoms with van der Waals surface area (Å²) in [5.74, 6) is -1.04. The van der Waals surface area contributed by atoms with E-state index in [-0.39, 0.29) is 11.8 Å². The molecule has 2 N–H and O–H groups in total. The summed E-state index contributed by atoms with van der Waals surface area (Å²) in [5, 5.41) is 8.07. The maximum absolute atomic E-state index is 13.2. The Kier molecular flexibility index (Phi) is 6.72. The molecule has 0 bridgehead atoms. The van der Waals surface area contributed by atoms with Gasteiger partial charge in [-0.15, -0.1) is 11.3 Å². The van der Waals surface area contributed by atoms with Gasteiger partial charge in [-0.05, 0) is 18.1 Å². The smallest absolute Gasteiger partial charge is 0.248 e. The topological polar surface area (TPSA) is 71.1 Å². The maximum atomic E-state index is 13.2. The Morgan fingerprint density at radius 1 is 0.781 bits per heavy atom. The van der Waals surface area contributed by atoms with E-state index in [0.29, 0.717) is 5.13 Å². The fourth-order valence-corrected chi connectivity index (χ4v) is 4.16. The van der Waals surface area contributed by atoms with Crippen molar-refractivity contribution < 1.29 is 9.59 Å². The fourth-order valence-electron chi connectivity index (χ4n) is 3.43. The van der Waals surface area contributed by atoms with Gasteiger partial charge >= 0.3 is 0 Å². The maximum Gasteiger partial charge on any atom is 0.248 e. The average molecular weight is 442 g/mol. The third kappa shape index (κ3) is 5.10. The molecule has 6 heteroatoms. The van der Waals surface area contributed by atoms with Gasteiger partial charge in [-0.25, -0.2) is 4.98 Å². The number of carbonyl (C=O) groups excluding carboxylic acids is 2. The molecule has 160 valence electrons. The molecular formula is C26H23N3O2S. The van der Waals surface area contributed by atoms with Crippen LogP contribution in [0.5, 0.6) is 0 Å². The van der Waals surface area contributed by atoms with Crippen molar-refractivity contribution in [3.8, 4) is 11.3 Å². The normalized spacial score (nSPS) is 11.7. The minimum absolute atomic E-state index is 0.228. The van der Waals surface area contributed by atoms with Crippen LogP contribution >= 0.6 is 11.3 Å². The molecule has 1 heterocycles. The van der Waals surface area contributed by atoms with Gasteiger partial charge in [0.25, 0.3) is 0 Å². The van der Waals surface area contributed by atoms with Crippen molar-refractivity contribution in [2.45, 2.75) is 18.9 Å². The first-order valence-corrected chi connectivity index (χ1v) is 11.2. The molecule has 0 saturated carbocycles. The summed E-state index contributed by atoms with van der Waals surface area (Å²) in [5.41, 5.74) is 3.53. The van der Waals surface area contributed by atoms with Crippen molar-refractivity contribution >= 4 is 28.3 Å². The van der Waals surface area contributed by atoms with Crippen LogP contribution < -0.4 is 10.6 Å². The summed E-state index contributed by atoms with van der Waals surface area (Å²) in [4.78, 5) is 30.4. The highest BCUT2D eigenvalue weighted by Crippen LogP contribution is 2.26. The number of nitrogens with one attached hydrogen (secondary N) is 2. The number of hydrogen-bond acceptors (Lipinski definition) is 4. The molecule has 0 aliphatic carbocycles. The Bertz CT molecular complexity index is 1140. The third-order valence-corrected chi connectivity index (χ3v) is 5.84. The number of carbonyl (C=O) groups is 2. The van der Waals surface area contributed by atoms with Gasteiger partial charge in [-0.1, -0.05) is 91.0 Å².